The number of fused-ring (bicyclic) bond motifs is 1. The molecule has 118 valence electrons. The van der Waals surface area contributed by atoms with Gasteiger partial charge in [-0.05, 0) is 56.6 Å². The molecule has 23 heavy (non-hydrogen) atoms. The van der Waals surface area contributed by atoms with Crippen molar-refractivity contribution in [3.05, 3.63) is 59.5 Å². The quantitative estimate of drug-likeness (QED) is 0.742. The zero-order chi connectivity index (χ0) is 15.8. The Labute approximate surface area is 136 Å². The molecule has 0 spiro atoms. The van der Waals surface area contributed by atoms with Crippen LogP contribution >= 0.6 is 0 Å². The van der Waals surface area contributed by atoms with Gasteiger partial charge in [-0.25, -0.2) is 9.97 Å². The van der Waals surface area contributed by atoms with Crippen molar-refractivity contribution in [1.82, 2.24) is 19.4 Å². The predicted molar refractivity (Wildman–Crippen MR) is 92.4 cm³/mol. The summed E-state index contributed by atoms with van der Waals surface area (Å²) in [5.74, 6) is 1.12. The maximum atomic E-state index is 4.90. The first-order valence-corrected chi connectivity index (χ1v) is 8.30. The summed E-state index contributed by atoms with van der Waals surface area (Å²) in [4.78, 5) is 11.9. The summed E-state index contributed by atoms with van der Waals surface area (Å²) in [7, 11) is 2.20. The van der Waals surface area contributed by atoms with Crippen LogP contribution in [0.1, 0.15) is 36.0 Å². The Bertz CT molecular complexity index is 836. The third kappa shape index (κ3) is 2.53. The molecule has 1 atom stereocenters. The lowest BCUT2D eigenvalue weighted by Gasteiger charge is -2.23. The fourth-order valence-corrected chi connectivity index (χ4v) is 3.61. The molecule has 1 aliphatic heterocycles. The standard InChI is InChI=1S/C19H22N4/c1-14-7-3-4-8-15(14)13-17-21-16-9-5-11-20-19(16)23(17)18-10-6-12-22(18)2/h3-5,7-9,11,18H,6,10,12-13H2,1-2H3. The van der Waals surface area contributed by atoms with Crippen LogP contribution < -0.4 is 0 Å². The van der Waals surface area contributed by atoms with Crippen LogP contribution in [0, 0.1) is 6.92 Å². The Morgan fingerprint density at radius 2 is 2.04 bits per heavy atom. The second-order valence-corrected chi connectivity index (χ2v) is 6.45. The molecule has 0 N–H and O–H groups in total. The van der Waals surface area contributed by atoms with Crippen molar-refractivity contribution in [2.75, 3.05) is 13.6 Å². The first-order valence-electron chi connectivity index (χ1n) is 8.30. The molecule has 1 unspecified atom stereocenters. The molecule has 1 aliphatic rings. The van der Waals surface area contributed by atoms with Crippen LogP contribution in [0.4, 0.5) is 0 Å². The number of benzene rings is 1. The highest BCUT2D eigenvalue weighted by molar-refractivity contribution is 5.71. The van der Waals surface area contributed by atoms with E-state index in [-0.39, 0.29) is 0 Å². The van der Waals surface area contributed by atoms with E-state index in [0.717, 1.165) is 30.0 Å². The molecule has 3 heterocycles. The molecule has 4 heteroatoms. The van der Waals surface area contributed by atoms with E-state index < -0.39 is 0 Å². The maximum absolute atomic E-state index is 4.90. The number of hydrogen-bond donors (Lipinski definition) is 0. The Balaban J connectivity index is 1.84. The minimum atomic E-state index is 0.369. The third-order valence-electron chi connectivity index (χ3n) is 4.91. The van der Waals surface area contributed by atoms with Gasteiger partial charge in [0.2, 0.25) is 0 Å². The highest BCUT2D eigenvalue weighted by atomic mass is 15.3. The highest BCUT2D eigenvalue weighted by Gasteiger charge is 2.27. The predicted octanol–water partition coefficient (Wildman–Crippen LogP) is 3.55. The van der Waals surface area contributed by atoms with Gasteiger partial charge < -0.3 is 0 Å². The molecule has 0 amide bonds. The molecule has 4 nitrogen and oxygen atoms in total. The van der Waals surface area contributed by atoms with E-state index in [9.17, 15) is 0 Å². The normalized spacial score (nSPS) is 18.8. The van der Waals surface area contributed by atoms with Gasteiger partial charge in [0.15, 0.2) is 5.65 Å². The number of imidazole rings is 1. The van der Waals surface area contributed by atoms with Crippen molar-refractivity contribution in [3.8, 4) is 0 Å². The molecule has 4 rings (SSSR count). The smallest absolute Gasteiger partial charge is 0.161 e. The van der Waals surface area contributed by atoms with Crippen molar-refractivity contribution < 1.29 is 0 Å². The van der Waals surface area contributed by atoms with Crippen LogP contribution in [-0.2, 0) is 6.42 Å². The zero-order valence-corrected chi connectivity index (χ0v) is 13.7. The second kappa shape index (κ2) is 5.78. The lowest BCUT2D eigenvalue weighted by atomic mass is 10.1. The Morgan fingerprint density at radius 3 is 2.83 bits per heavy atom. The average Bonchev–Trinajstić information content (AvgIpc) is 3.12. The molecule has 0 bridgehead atoms. The molecule has 0 saturated carbocycles. The number of hydrogen-bond acceptors (Lipinski definition) is 3. The number of rotatable bonds is 3. The number of aromatic nitrogens is 3. The summed E-state index contributed by atoms with van der Waals surface area (Å²) >= 11 is 0. The van der Waals surface area contributed by atoms with E-state index in [4.69, 9.17) is 4.98 Å². The summed E-state index contributed by atoms with van der Waals surface area (Å²) in [6.07, 6.45) is 5.49. The van der Waals surface area contributed by atoms with Crippen molar-refractivity contribution in [2.24, 2.45) is 0 Å². The van der Waals surface area contributed by atoms with Crippen LogP contribution in [0.15, 0.2) is 42.6 Å². The van der Waals surface area contributed by atoms with Crippen LogP contribution in [0.3, 0.4) is 0 Å². The highest BCUT2D eigenvalue weighted by Crippen LogP contribution is 2.30. The molecular weight excluding hydrogens is 284 g/mol. The fourth-order valence-electron chi connectivity index (χ4n) is 3.61. The Kier molecular flexibility index (Phi) is 3.62. The molecule has 1 aromatic carbocycles. The van der Waals surface area contributed by atoms with E-state index >= 15 is 0 Å². The summed E-state index contributed by atoms with van der Waals surface area (Å²) in [5.41, 5.74) is 4.66. The Morgan fingerprint density at radius 1 is 1.17 bits per heavy atom. The second-order valence-electron chi connectivity index (χ2n) is 6.45. The van der Waals surface area contributed by atoms with Crippen molar-refractivity contribution >= 4 is 11.2 Å². The zero-order valence-electron chi connectivity index (χ0n) is 13.7. The van der Waals surface area contributed by atoms with E-state index in [1.807, 2.05) is 12.3 Å². The lowest BCUT2D eigenvalue weighted by Crippen LogP contribution is -2.25. The monoisotopic (exact) mass is 306 g/mol. The topological polar surface area (TPSA) is 34.0 Å². The van der Waals surface area contributed by atoms with Gasteiger partial charge in [-0.1, -0.05) is 24.3 Å². The van der Waals surface area contributed by atoms with Gasteiger partial charge in [0, 0.05) is 12.6 Å². The van der Waals surface area contributed by atoms with Crippen molar-refractivity contribution in [2.45, 2.75) is 32.4 Å². The summed E-state index contributed by atoms with van der Waals surface area (Å²) in [6, 6.07) is 12.6. The fraction of sp³-hybridized carbons (Fsp3) is 0.368. The average molecular weight is 306 g/mol. The molecular formula is C19H22N4. The minimum absolute atomic E-state index is 0.369. The minimum Gasteiger partial charge on any atom is -0.296 e. The molecule has 1 fully saturated rings. The third-order valence-corrected chi connectivity index (χ3v) is 4.91. The van der Waals surface area contributed by atoms with Crippen molar-refractivity contribution in [3.63, 3.8) is 0 Å². The van der Waals surface area contributed by atoms with Gasteiger partial charge in [0.25, 0.3) is 0 Å². The summed E-state index contributed by atoms with van der Waals surface area (Å²) in [5, 5.41) is 0. The maximum Gasteiger partial charge on any atom is 0.161 e. The molecule has 3 aromatic rings. The first kappa shape index (κ1) is 14.4. The van der Waals surface area contributed by atoms with E-state index in [0.29, 0.717) is 6.17 Å². The molecule has 0 radical (unpaired) electrons. The number of nitrogens with zero attached hydrogens (tertiary/aromatic N) is 4. The number of likely N-dealkylation sites (tertiary alicyclic amines) is 1. The van der Waals surface area contributed by atoms with Crippen LogP contribution in [0.2, 0.25) is 0 Å². The van der Waals surface area contributed by atoms with Crippen LogP contribution in [0.5, 0.6) is 0 Å². The summed E-state index contributed by atoms with van der Waals surface area (Å²) in [6.45, 7) is 3.31. The SMILES string of the molecule is Cc1ccccc1Cc1nc2cccnc2n1C1CCCN1C. The van der Waals surface area contributed by atoms with Gasteiger partial charge in [-0.2, -0.15) is 0 Å². The van der Waals surface area contributed by atoms with Crippen LogP contribution in [-0.4, -0.2) is 33.0 Å². The molecule has 0 aliphatic carbocycles. The lowest BCUT2D eigenvalue weighted by molar-refractivity contribution is 0.238. The number of aryl methyl sites for hydroxylation is 1. The molecule has 1 saturated heterocycles. The van der Waals surface area contributed by atoms with Gasteiger partial charge in [-0.15, -0.1) is 0 Å². The van der Waals surface area contributed by atoms with Gasteiger partial charge in [0.05, 0.1) is 6.17 Å². The molecule has 2 aromatic heterocycles. The van der Waals surface area contributed by atoms with Crippen molar-refractivity contribution in [1.29, 1.82) is 0 Å². The number of pyridine rings is 1. The van der Waals surface area contributed by atoms with Gasteiger partial charge >= 0.3 is 0 Å². The van der Waals surface area contributed by atoms with Crippen LogP contribution in [0.25, 0.3) is 11.2 Å². The van der Waals surface area contributed by atoms with E-state index in [1.165, 1.54) is 24.0 Å². The summed E-state index contributed by atoms with van der Waals surface area (Å²) < 4.78 is 2.36. The largest absolute Gasteiger partial charge is 0.296 e. The first-order chi connectivity index (χ1) is 11.2. The van der Waals surface area contributed by atoms with E-state index in [1.54, 1.807) is 0 Å². The Hall–Kier alpha value is -2.20. The van der Waals surface area contributed by atoms with Gasteiger partial charge in [-0.3, -0.25) is 9.47 Å². The van der Waals surface area contributed by atoms with Gasteiger partial charge in [0.1, 0.15) is 11.3 Å². The van der Waals surface area contributed by atoms with E-state index in [2.05, 4.69) is 58.8 Å².